The molecule has 4 rings (SSSR count). The maximum Gasteiger partial charge on any atom is 0.410 e. The van der Waals surface area contributed by atoms with Crippen molar-refractivity contribution in [3.63, 3.8) is 0 Å². The van der Waals surface area contributed by atoms with E-state index in [2.05, 4.69) is 33.3 Å². The second kappa shape index (κ2) is 13.2. The highest BCUT2D eigenvalue weighted by molar-refractivity contribution is 6.06. The molecule has 0 unspecified atom stereocenters. The predicted molar refractivity (Wildman–Crippen MR) is 166 cm³/mol. The van der Waals surface area contributed by atoms with Gasteiger partial charge < -0.3 is 24.6 Å². The number of carbonyl (C=O) groups is 3. The van der Waals surface area contributed by atoms with E-state index < -0.39 is 17.0 Å². The SMILES string of the molecule is CC(C)OC(=O)c1cc2c(cn1)C[C@]1(C2)C(=O)Nc2ncc(/C=C/CN(C)CCCCCN(C)C(=O)OC(C)(C)C)cc21. The highest BCUT2D eigenvalue weighted by atomic mass is 16.6. The van der Waals surface area contributed by atoms with Crippen LogP contribution in [0.3, 0.4) is 0 Å². The number of esters is 1. The van der Waals surface area contributed by atoms with Crippen LogP contribution in [0.4, 0.5) is 10.6 Å². The monoisotopic (exact) mass is 591 g/mol. The van der Waals surface area contributed by atoms with Crippen LogP contribution in [-0.4, -0.2) is 83.2 Å². The van der Waals surface area contributed by atoms with E-state index in [9.17, 15) is 14.4 Å². The highest BCUT2D eigenvalue weighted by Crippen LogP contribution is 2.47. The Balaban J connectivity index is 1.29. The van der Waals surface area contributed by atoms with E-state index in [4.69, 9.17) is 9.47 Å². The lowest BCUT2D eigenvalue weighted by molar-refractivity contribution is -0.120. The molecule has 1 spiro atoms. The molecule has 2 aromatic rings. The average Bonchev–Trinajstić information content (AvgIpc) is 3.43. The number of ether oxygens (including phenoxy) is 2. The number of amides is 2. The smallest absolute Gasteiger partial charge is 0.410 e. The second-order valence-corrected chi connectivity index (χ2v) is 13.0. The molecule has 0 saturated heterocycles. The van der Waals surface area contributed by atoms with Crippen LogP contribution in [0.5, 0.6) is 0 Å². The summed E-state index contributed by atoms with van der Waals surface area (Å²) in [4.78, 5) is 50.5. The van der Waals surface area contributed by atoms with Crippen LogP contribution in [-0.2, 0) is 32.5 Å². The predicted octanol–water partition coefficient (Wildman–Crippen LogP) is 5.01. The second-order valence-electron chi connectivity index (χ2n) is 13.0. The molecule has 3 heterocycles. The van der Waals surface area contributed by atoms with Crippen LogP contribution in [0.25, 0.3) is 6.08 Å². The Morgan fingerprint density at radius 1 is 1.05 bits per heavy atom. The van der Waals surface area contributed by atoms with Gasteiger partial charge in [0.15, 0.2) is 0 Å². The fraction of sp³-hybridized carbons (Fsp3) is 0.545. The van der Waals surface area contributed by atoms with E-state index in [1.165, 1.54) is 0 Å². The van der Waals surface area contributed by atoms with Crippen molar-refractivity contribution in [1.29, 1.82) is 0 Å². The number of anilines is 1. The third kappa shape index (κ3) is 7.98. The van der Waals surface area contributed by atoms with E-state index in [0.717, 1.165) is 54.6 Å². The van der Waals surface area contributed by atoms with Crippen LogP contribution in [0.15, 0.2) is 30.6 Å². The number of carbonyl (C=O) groups excluding carboxylic acids is 3. The summed E-state index contributed by atoms with van der Waals surface area (Å²) in [6.07, 6.45) is 11.1. The minimum Gasteiger partial charge on any atom is -0.458 e. The molecule has 232 valence electrons. The van der Waals surface area contributed by atoms with Crippen molar-refractivity contribution >= 4 is 29.9 Å². The summed E-state index contributed by atoms with van der Waals surface area (Å²) in [6.45, 7) is 11.6. The Kier molecular flexibility index (Phi) is 9.89. The van der Waals surface area contributed by atoms with Crippen molar-refractivity contribution in [2.75, 3.05) is 39.0 Å². The summed E-state index contributed by atoms with van der Waals surface area (Å²) >= 11 is 0. The first-order valence-corrected chi connectivity index (χ1v) is 15.1. The zero-order valence-electron chi connectivity index (χ0n) is 26.5. The van der Waals surface area contributed by atoms with Crippen LogP contribution < -0.4 is 5.32 Å². The van der Waals surface area contributed by atoms with Gasteiger partial charge in [-0.1, -0.05) is 18.6 Å². The highest BCUT2D eigenvalue weighted by Gasteiger charge is 2.51. The lowest BCUT2D eigenvalue weighted by Gasteiger charge is -2.24. The molecule has 10 heteroatoms. The fourth-order valence-electron chi connectivity index (χ4n) is 5.48. The first-order valence-electron chi connectivity index (χ1n) is 15.1. The standard InChI is InChI=1S/C33H45N5O5/c1-22(2)42-29(39)27-17-24-18-33(19-25(24)21-34-27)26-16-23(20-35-28(26)36-30(33)40)12-11-14-37(6)13-9-8-10-15-38(7)31(41)43-32(3,4)5/h11-12,16-17,20-22H,8-10,13-15,18-19H2,1-7H3,(H,35,36,40)/b12-11+/t33-/m0/s1. The maximum atomic E-state index is 13.3. The Hall–Kier alpha value is -3.79. The normalized spacial score (nSPS) is 17.5. The van der Waals surface area contributed by atoms with E-state index in [1.807, 2.05) is 32.9 Å². The number of aromatic nitrogens is 2. The molecular formula is C33H45N5O5. The Morgan fingerprint density at radius 2 is 1.77 bits per heavy atom. The summed E-state index contributed by atoms with van der Waals surface area (Å²) in [5, 5.41) is 2.96. The third-order valence-electron chi connectivity index (χ3n) is 7.68. The zero-order valence-corrected chi connectivity index (χ0v) is 26.5. The van der Waals surface area contributed by atoms with Gasteiger partial charge in [-0.2, -0.15) is 0 Å². The number of unbranched alkanes of at least 4 members (excludes halogenated alkanes) is 2. The topological polar surface area (TPSA) is 114 Å². The number of nitrogens with one attached hydrogen (secondary N) is 1. The largest absolute Gasteiger partial charge is 0.458 e. The minimum absolute atomic E-state index is 0.0735. The van der Waals surface area contributed by atoms with E-state index >= 15 is 0 Å². The molecule has 10 nitrogen and oxygen atoms in total. The van der Waals surface area contributed by atoms with Gasteiger partial charge in [-0.25, -0.2) is 19.6 Å². The van der Waals surface area contributed by atoms with Gasteiger partial charge in [-0.3, -0.25) is 4.79 Å². The molecule has 0 aromatic carbocycles. The summed E-state index contributed by atoms with van der Waals surface area (Å²) in [7, 11) is 3.86. The Morgan fingerprint density at radius 3 is 2.49 bits per heavy atom. The molecule has 1 aliphatic heterocycles. The van der Waals surface area contributed by atoms with Gasteiger partial charge in [-0.05, 0) is 103 Å². The summed E-state index contributed by atoms with van der Waals surface area (Å²) < 4.78 is 10.7. The Bertz CT molecular complexity index is 1380. The van der Waals surface area contributed by atoms with Gasteiger partial charge >= 0.3 is 12.1 Å². The first-order chi connectivity index (χ1) is 20.3. The lowest BCUT2D eigenvalue weighted by Crippen LogP contribution is -2.35. The van der Waals surface area contributed by atoms with Gasteiger partial charge in [0, 0.05) is 38.1 Å². The molecule has 0 radical (unpaired) electrons. The minimum atomic E-state index is -0.759. The summed E-state index contributed by atoms with van der Waals surface area (Å²) in [6, 6.07) is 3.80. The Labute approximate surface area is 254 Å². The number of fused-ring (bicyclic) bond motifs is 3. The van der Waals surface area contributed by atoms with Crippen LogP contribution in [0, 0.1) is 0 Å². The lowest BCUT2D eigenvalue weighted by atomic mass is 9.79. The van der Waals surface area contributed by atoms with Crippen molar-refractivity contribution in [3.05, 3.63) is 58.6 Å². The van der Waals surface area contributed by atoms with Crippen molar-refractivity contribution in [1.82, 2.24) is 19.8 Å². The quantitative estimate of drug-likeness (QED) is 0.287. The molecule has 43 heavy (non-hydrogen) atoms. The zero-order chi connectivity index (χ0) is 31.4. The molecule has 0 fully saturated rings. The molecule has 2 aromatic heterocycles. The first kappa shape index (κ1) is 32.1. The number of hydrogen-bond donors (Lipinski definition) is 1. The van der Waals surface area contributed by atoms with Gasteiger partial charge in [0.25, 0.3) is 0 Å². The molecule has 0 bridgehead atoms. The molecule has 2 aliphatic rings. The number of rotatable bonds is 11. The molecule has 1 N–H and O–H groups in total. The van der Waals surface area contributed by atoms with E-state index in [-0.39, 0.29) is 23.8 Å². The van der Waals surface area contributed by atoms with Crippen molar-refractivity contribution in [3.8, 4) is 0 Å². The third-order valence-corrected chi connectivity index (χ3v) is 7.68. The number of likely N-dealkylation sites (N-methyl/N-ethyl adjacent to an activating group) is 1. The number of nitrogens with zero attached hydrogens (tertiary/aromatic N) is 4. The van der Waals surface area contributed by atoms with E-state index in [0.29, 0.717) is 25.2 Å². The molecular weight excluding hydrogens is 546 g/mol. The van der Waals surface area contributed by atoms with Crippen molar-refractivity contribution in [2.45, 2.75) is 83.8 Å². The summed E-state index contributed by atoms with van der Waals surface area (Å²) in [5.74, 6) is 0.0623. The van der Waals surface area contributed by atoms with Crippen molar-refractivity contribution < 1.29 is 23.9 Å². The number of hydrogen-bond acceptors (Lipinski definition) is 8. The van der Waals surface area contributed by atoms with Gasteiger partial charge in [-0.15, -0.1) is 0 Å². The molecule has 1 aliphatic carbocycles. The number of pyridine rings is 2. The maximum absolute atomic E-state index is 13.3. The van der Waals surface area contributed by atoms with Crippen LogP contribution in [0.2, 0.25) is 0 Å². The van der Waals surface area contributed by atoms with Gasteiger partial charge in [0.05, 0.1) is 11.5 Å². The van der Waals surface area contributed by atoms with E-state index in [1.54, 1.807) is 44.3 Å². The van der Waals surface area contributed by atoms with Crippen LogP contribution in [0.1, 0.15) is 86.6 Å². The molecule has 2 amide bonds. The summed E-state index contributed by atoms with van der Waals surface area (Å²) in [5.41, 5.74) is 2.73. The van der Waals surface area contributed by atoms with Gasteiger partial charge in [0.2, 0.25) is 5.91 Å². The van der Waals surface area contributed by atoms with Gasteiger partial charge in [0.1, 0.15) is 17.1 Å². The average molecular weight is 592 g/mol. The van der Waals surface area contributed by atoms with Crippen LogP contribution >= 0.6 is 0 Å². The van der Waals surface area contributed by atoms with Crippen molar-refractivity contribution in [2.24, 2.45) is 0 Å². The molecule has 0 saturated carbocycles. The molecule has 1 atom stereocenters. The fourth-order valence-corrected chi connectivity index (χ4v) is 5.48.